The van der Waals surface area contributed by atoms with Crippen molar-refractivity contribution in [3.8, 4) is 11.5 Å². The highest BCUT2D eigenvalue weighted by molar-refractivity contribution is 6.02. The highest BCUT2D eigenvalue weighted by atomic mass is 16.5. The number of ether oxygens (including phenoxy) is 2. The number of carbonyl (C=O) groups excluding carboxylic acids is 1. The van der Waals surface area contributed by atoms with Gasteiger partial charge in [0.2, 0.25) is 0 Å². The number of benzene rings is 2. The molecule has 1 heterocycles. The zero-order valence-corrected chi connectivity index (χ0v) is 16.8. The molecule has 0 bridgehead atoms. The van der Waals surface area contributed by atoms with Crippen molar-refractivity contribution in [2.24, 2.45) is 5.92 Å². The van der Waals surface area contributed by atoms with Crippen molar-refractivity contribution < 1.29 is 19.4 Å². The van der Waals surface area contributed by atoms with Gasteiger partial charge in [0.05, 0.1) is 30.9 Å². The minimum atomic E-state index is -1.22. The molecule has 0 fully saturated rings. The van der Waals surface area contributed by atoms with E-state index in [4.69, 9.17) is 9.47 Å². The van der Waals surface area contributed by atoms with Crippen molar-refractivity contribution in [1.29, 1.82) is 0 Å². The molecule has 0 N–H and O–H groups in total. The monoisotopic (exact) mass is 390 g/mol. The van der Waals surface area contributed by atoms with Crippen molar-refractivity contribution in [3.05, 3.63) is 65.4 Å². The summed E-state index contributed by atoms with van der Waals surface area (Å²) in [5, 5.41) is 12.1. The maximum absolute atomic E-state index is 11.5. The highest BCUT2D eigenvalue weighted by Crippen LogP contribution is 2.29. The van der Waals surface area contributed by atoms with E-state index in [1.54, 1.807) is 31.4 Å². The van der Waals surface area contributed by atoms with E-state index in [1.807, 2.05) is 30.3 Å². The standard InChI is InChI=1S/C24H25NO4/c1-16(2)12-13-29-22-11-9-17(14-23(22)28-3)8-10-18-15-20(24(26)27)19-6-4-5-7-21(19)25-18/h4-11,14-16H,12-13H2,1-3H3,(H,26,27)/p-1/b10-8+. The summed E-state index contributed by atoms with van der Waals surface area (Å²) < 4.78 is 11.3. The fourth-order valence-electron chi connectivity index (χ4n) is 2.94. The first-order valence-electron chi connectivity index (χ1n) is 9.58. The molecule has 0 aliphatic carbocycles. The average Bonchev–Trinajstić information content (AvgIpc) is 2.71. The molecule has 2 aromatic carbocycles. The van der Waals surface area contributed by atoms with E-state index in [9.17, 15) is 9.90 Å². The zero-order valence-electron chi connectivity index (χ0n) is 16.8. The lowest BCUT2D eigenvalue weighted by atomic mass is 10.1. The number of hydrogen-bond acceptors (Lipinski definition) is 5. The van der Waals surface area contributed by atoms with E-state index in [0.717, 1.165) is 12.0 Å². The largest absolute Gasteiger partial charge is 0.545 e. The smallest absolute Gasteiger partial charge is 0.161 e. The first-order valence-corrected chi connectivity index (χ1v) is 9.58. The van der Waals surface area contributed by atoms with Crippen LogP contribution in [0.3, 0.4) is 0 Å². The minimum Gasteiger partial charge on any atom is -0.545 e. The summed E-state index contributed by atoms with van der Waals surface area (Å²) in [7, 11) is 1.61. The Bertz CT molecular complexity index is 1040. The molecule has 3 rings (SSSR count). The van der Waals surface area contributed by atoms with Gasteiger partial charge in [-0.3, -0.25) is 0 Å². The summed E-state index contributed by atoms with van der Waals surface area (Å²) >= 11 is 0. The van der Waals surface area contributed by atoms with Crippen LogP contribution < -0.4 is 14.6 Å². The van der Waals surface area contributed by atoms with Crippen LogP contribution in [0, 0.1) is 5.92 Å². The number of pyridine rings is 1. The van der Waals surface area contributed by atoms with Crippen LogP contribution in [0.1, 0.15) is 41.9 Å². The van der Waals surface area contributed by atoms with E-state index >= 15 is 0 Å². The Kier molecular flexibility index (Phi) is 6.50. The average molecular weight is 390 g/mol. The van der Waals surface area contributed by atoms with Crippen molar-refractivity contribution in [3.63, 3.8) is 0 Å². The van der Waals surface area contributed by atoms with Crippen LogP contribution in [-0.4, -0.2) is 24.7 Å². The third kappa shape index (κ3) is 5.13. The normalized spacial score (nSPS) is 11.3. The van der Waals surface area contributed by atoms with Gasteiger partial charge >= 0.3 is 0 Å². The van der Waals surface area contributed by atoms with E-state index in [0.29, 0.717) is 40.6 Å². The minimum absolute atomic E-state index is 0.127. The molecular weight excluding hydrogens is 366 g/mol. The van der Waals surface area contributed by atoms with E-state index in [-0.39, 0.29) is 5.56 Å². The van der Waals surface area contributed by atoms with Gasteiger partial charge in [0.1, 0.15) is 0 Å². The summed E-state index contributed by atoms with van der Waals surface area (Å²) in [6, 6.07) is 14.3. The van der Waals surface area contributed by atoms with E-state index in [2.05, 4.69) is 18.8 Å². The van der Waals surface area contributed by atoms with Gasteiger partial charge < -0.3 is 19.4 Å². The number of carbonyl (C=O) groups is 1. The van der Waals surface area contributed by atoms with Crippen molar-refractivity contribution in [1.82, 2.24) is 4.98 Å². The van der Waals surface area contributed by atoms with E-state index in [1.165, 1.54) is 6.07 Å². The van der Waals surface area contributed by atoms with Gasteiger partial charge in [-0.05, 0) is 48.2 Å². The Morgan fingerprint density at radius 3 is 2.62 bits per heavy atom. The molecule has 0 saturated heterocycles. The predicted molar refractivity (Wildman–Crippen MR) is 113 cm³/mol. The first kappa shape index (κ1) is 20.4. The van der Waals surface area contributed by atoms with Crippen LogP contribution in [0.25, 0.3) is 23.1 Å². The Morgan fingerprint density at radius 1 is 1.10 bits per heavy atom. The fourth-order valence-corrected chi connectivity index (χ4v) is 2.94. The van der Waals surface area contributed by atoms with Gasteiger partial charge in [-0.15, -0.1) is 0 Å². The van der Waals surface area contributed by atoms with Gasteiger partial charge in [-0.1, -0.05) is 44.2 Å². The predicted octanol–water partition coefficient (Wildman–Crippen LogP) is 4.20. The number of hydrogen-bond donors (Lipinski definition) is 0. The van der Waals surface area contributed by atoms with Gasteiger partial charge in [-0.25, -0.2) is 4.98 Å². The number of methoxy groups -OCH3 is 1. The number of fused-ring (bicyclic) bond motifs is 1. The van der Waals surface area contributed by atoms with Gasteiger partial charge in [0.25, 0.3) is 0 Å². The van der Waals surface area contributed by atoms with Crippen LogP contribution in [0.4, 0.5) is 0 Å². The number of carboxylic acid groups (broad SMARTS) is 1. The summed E-state index contributed by atoms with van der Waals surface area (Å²) in [6.45, 7) is 4.94. The van der Waals surface area contributed by atoms with Gasteiger partial charge in [0.15, 0.2) is 11.5 Å². The summed E-state index contributed by atoms with van der Waals surface area (Å²) in [4.78, 5) is 16.0. The van der Waals surface area contributed by atoms with Crippen LogP contribution in [0.5, 0.6) is 11.5 Å². The van der Waals surface area contributed by atoms with Gasteiger partial charge in [0, 0.05) is 10.9 Å². The second kappa shape index (κ2) is 9.24. The number of carboxylic acids is 1. The Labute approximate surface area is 170 Å². The number of nitrogens with zero attached hydrogens (tertiary/aromatic N) is 1. The quantitative estimate of drug-likeness (QED) is 0.576. The molecule has 0 atom stereocenters. The number of aromatic carboxylic acids is 1. The Morgan fingerprint density at radius 2 is 1.90 bits per heavy atom. The molecule has 29 heavy (non-hydrogen) atoms. The molecule has 0 saturated carbocycles. The molecule has 0 amide bonds. The number of para-hydroxylation sites is 1. The molecule has 0 aliphatic heterocycles. The van der Waals surface area contributed by atoms with Crippen LogP contribution in [-0.2, 0) is 0 Å². The second-order valence-corrected chi connectivity index (χ2v) is 7.17. The summed E-state index contributed by atoms with van der Waals surface area (Å²) in [6.07, 6.45) is 4.60. The third-order valence-electron chi connectivity index (χ3n) is 4.54. The van der Waals surface area contributed by atoms with Crippen molar-refractivity contribution in [2.45, 2.75) is 20.3 Å². The van der Waals surface area contributed by atoms with Gasteiger partial charge in [-0.2, -0.15) is 0 Å². The Balaban J connectivity index is 1.85. The van der Waals surface area contributed by atoms with E-state index < -0.39 is 5.97 Å². The molecule has 1 aromatic heterocycles. The number of aromatic nitrogens is 1. The fraction of sp³-hybridized carbons (Fsp3) is 0.250. The summed E-state index contributed by atoms with van der Waals surface area (Å²) in [5.74, 6) is 0.706. The molecule has 3 aromatic rings. The second-order valence-electron chi connectivity index (χ2n) is 7.17. The van der Waals surface area contributed by atoms with Crippen LogP contribution in [0.2, 0.25) is 0 Å². The molecule has 0 unspecified atom stereocenters. The maximum Gasteiger partial charge on any atom is 0.161 e. The molecule has 5 heteroatoms. The molecule has 0 aliphatic rings. The van der Waals surface area contributed by atoms with Crippen LogP contribution in [0.15, 0.2) is 48.5 Å². The molecule has 0 spiro atoms. The SMILES string of the molecule is COc1cc(/C=C/c2cc(C(=O)[O-])c3ccccc3n2)ccc1OCCC(C)C. The highest BCUT2D eigenvalue weighted by Gasteiger charge is 2.07. The zero-order chi connectivity index (χ0) is 20.8. The maximum atomic E-state index is 11.5. The third-order valence-corrected chi connectivity index (χ3v) is 4.54. The molecule has 0 radical (unpaired) electrons. The Hall–Kier alpha value is -3.34. The van der Waals surface area contributed by atoms with Crippen LogP contribution >= 0.6 is 0 Å². The van der Waals surface area contributed by atoms with Crippen molar-refractivity contribution >= 4 is 29.0 Å². The molecule has 5 nitrogen and oxygen atoms in total. The lowest BCUT2D eigenvalue weighted by molar-refractivity contribution is -0.254. The lowest BCUT2D eigenvalue weighted by Gasteiger charge is -2.12. The first-order chi connectivity index (χ1) is 14.0. The molecular formula is C24H24NO4-. The lowest BCUT2D eigenvalue weighted by Crippen LogP contribution is -2.22. The molecule has 150 valence electrons. The topological polar surface area (TPSA) is 71.5 Å². The number of rotatable bonds is 8. The summed E-state index contributed by atoms with van der Waals surface area (Å²) in [5.41, 5.74) is 2.17. The van der Waals surface area contributed by atoms with Crippen molar-refractivity contribution in [2.75, 3.05) is 13.7 Å².